The zero-order valence-electron chi connectivity index (χ0n) is 11.3. The lowest BCUT2D eigenvalue weighted by atomic mass is 9.88. The van der Waals surface area contributed by atoms with Gasteiger partial charge in [0.05, 0.1) is 13.0 Å². The van der Waals surface area contributed by atoms with Crippen LogP contribution in [0.5, 0.6) is 0 Å². The van der Waals surface area contributed by atoms with Crippen LogP contribution in [-0.2, 0) is 14.3 Å². The number of Topliss-reactive ketones (excluding diaryl/α,β-unsaturated/α-hetero) is 1. The Labute approximate surface area is 117 Å². The zero-order valence-corrected chi connectivity index (χ0v) is 11.3. The van der Waals surface area contributed by atoms with E-state index in [9.17, 15) is 9.59 Å². The Hall–Kier alpha value is -2.52. The molecular formula is C15H16N2O3. The Balaban J connectivity index is 3.11. The SMILES string of the molecule is C=CCCC(C(=O)C(=[N+]=[N-])C(=O)OC)c1ccccc1. The number of benzene rings is 1. The molecule has 0 aliphatic carbocycles. The predicted molar refractivity (Wildman–Crippen MR) is 74.3 cm³/mol. The second kappa shape index (κ2) is 7.81. The molecule has 1 aromatic rings. The molecular weight excluding hydrogens is 256 g/mol. The highest BCUT2D eigenvalue weighted by Crippen LogP contribution is 2.23. The molecule has 0 bridgehead atoms. The van der Waals surface area contributed by atoms with Crippen molar-refractivity contribution >= 4 is 17.5 Å². The van der Waals surface area contributed by atoms with E-state index in [0.717, 1.165) is 12.7 Å². The molecule has 0 amide bonds. The second-order valence-electron chi connectivity index (χ2n) is 4.13. The Bertz CT molecular complexity index is 545. The number of ketones is 1. The normalized spacial score (nSPS) is 11.1. The van der Waals surface area contributed by atoms with E-state index in [-0.39, 0.29) is 0 Å². The number of allylic oxidation sites excluding steroid dienone is 1. The fourth-order valence-electron chi connectivity index (χ4n) is 1.87. The standard InChI is InChI=1S/C15H16N2O3/c1-3-4-10-12(11-8-6-5-7-9-11)14(18)13(17-16)15(19)20-2/h3,5-9,12H,1,4,10H2,2H3. The predicted octanol–water partition coefficient (Wildman–Crippen LogP) is 2.15. The highest BCUT2D eigenvalue weighted by Gasteiger charge is 2.36. The van der Waals surface area contributed by atoms with Gasteiger partial charge >= 0.3 is 11.7 Å². The molecule has 5 heteroatoms. The van der Waals surface area contributed by atoms with Crippen molar-refractivity contribution in [2.75, 3.05) is 7.11 Å². The minimum absolute atomic E-state index is 0.475. The Kier molecular flexibility index (Phi) is 6.07. The number of esters is 1. The number of nitrogens with zero attached hydrogens (tertiary/aromatic N) is 2. The first-order valence-electron chi connectivity index (χ1n) is 6.16. The molecule has 104 valence electrons. The maximum Gasteiger partial charge on any atom is 0.442 e. The topological polar surface area (TPSA) is 79.8 Å². The summed E-state index contributed by atoms with van der Waals surface area (Å²) < 4.78 is 4.44. The fraction of sp³-hybridized carbons (Fsp3) is 0.267. The van der Waals surface area contributed by atoms with E-state index in [2.05, 4.69) is 16.1 Å². The quantitative estimate of drug-likeness (QED) is 0.190. The van der Waals surface area contributed by atoms with Crippen molar-refractivity contribution in [2.24, 2.45) is 0 Å². The van der Waals surface area contributed by atoms with Gasteiger partial charge in [-0.1, -0.05) is 36.4 Å². The largest absolute Gasteiger partial charge is 0.460 e. The van der Waals surface area contributed by atoms with Crippen LogP contribution in [0.3, 0.4) is 0 Å². The van der Waals surface area contributed by atoms with Gasteiger partial charge in [-0.15, -0.1) is 6.58 Å². The number of hydrogen-bond acceptors (Lipinski definition) is 3. The molecule has 0 heterocycles. The first-order chi connectivity index (χ1) is 9.65. The third kappa shape index (κ3) is 3.73. The molecule has 0 saturated heterocycles. The number of methoxy groups -OCH3 is 1. The number of carbonyl (C=O) groups is 2. The van der Waals surface area contributed by atoms with Gasteiger partial charge in [0, 0.05) is 0 Å². The monoisotopic (exact) mass is 272 g/mol. The van der Waals surface area contributed by atoms with Gasteiger partial charge in [0.1, 0.15) is 0 Å². The number of ether oxygens (including phenoxy) is 1. The molecule has 1 rings (SSSR count). The van der Waals surface area contributed by atoms with Gasteiger partial charge in [-0.05, 0) is 18.4 Å². The molecule has 0 aromatic heterocycles. The molecule has 20 heavy (non-hydrogen) atoms. The molecule has 1 aromatic carbocycles. The van der Waals surface area contributed by atoms with Crippen LogP contribution in [0.4, 0.5) is 0 Å². The Morgan fingerprint density at radius 3 is 2.55 bits per heavy atom. The lowest BCUT2D eigenvalue weighted by molar-refractivity contribution is -0.139. The molecule has 0 saturated carbocycles. The van der Waals surface area contributed by atoms with E-state index in [1.165, 1.54) is 0 Å². The van der Waals surface area contributed by atoms with E-state index >= 15 is 0 Å². The summed E-state index contributed by atoms with van der Waals surface area (Å²) in [4.78, 5) is 26.6. The average Bonchev–Trinajstić information content (AvgIpc) is 2.49. The number of hydrogen-bond donors (Lipinski definition) is 0. The van der Waals surface area contributed by atoms with E-state index in [1.54, 1.807) is 30.3 Å². The minimum Gasteiger partial charge on any atom is -0.460 e. The van der Waals surface area contributed by atoms with Gasteiger partial charge in [-0.3, -0.25) is 4.79 Å². The van der Waals surface area contributed by atoms with Gasteiger partial charge in [0.2, 0.25) is 0 Å². The fourth-order valence-corrected chi connectivity index (χ4v) is 1.87. The van der Waals surface area contributed by atoms with Crippen molar-refractivity contribution in [3.8, 4) is 0 Å². The van der Waals surface area contributed by atoms with Crippen molar-refractivity contribution in [2.45, 2.75) is 18.8 Å². The smallest absolute Gasteiger partial charge is 0.442 e. The molecule has 1 atom stereocenters. The summed E-state index contributed by atoms with van der Waals surface area (Å²) in [5, 5.41) is 0. The van der Waals surface area contributed by atoms with Crippen molar-refractivity contribution < 1.29 is 19.1 Å². The lowest BCUT2D eigenvalue weighted by Crippen LogP contribution is -2.31. The summed E-state index contributed by atoms with van der Waals surface area (Å²) in [5.41, 5.74) is 9.03. The molecule has 5 nitrogen and oxygen atoms in total. The second-order valence-corrected chi connectivity index (χ2v) is 4.13. The highest BCUT2D eigenvalue weighted by atomic mass is 16.5. The van der Waals surface area contributed by atoms with Gasteiger partial charge in [-0.25, -0.2) is 4.79 Å². The summed E-state index contributed by atoms with van der Waals surface area (Å²) in [6.45, 7) is 3.62. The van der Waals surface area contributed by atoms with Crippen LogP contribution >= 0.6 is 0 Å². The maximum absolute atomic E-state index is 12.4. The first-order valence-corrected chi connectivity index (χ1v) is 6.16. The summed E-state index contributed by atoms with van der Waals surface area (Å²) in [6, 6.07) is 9.02. The van der Waals surface area contributed by atoms with Gasteiger partial charge in [0.25, 0.3) is 5.78 Å². The summed E-state index contributed by atoms with van der Waals surface area (Å²) >= 11 is 0. The van der Waals surface area contributed by atoms with Gasteiger partial charge < -0.3 is 10.3 Å². The van der Waals surface area contributed by atoms with Gasteiger partial charge in [0.15, 0.2) is 0 Å². The third-order valence-corrected chi connectivity index (χ3v) is 2.89. The van der Waals surface area contributed by atoms with E-state index in [4.69, 9.17) is 5.53 Å². The number of carbonyl (C=O) groups excluding carboxylic acids is 2. The molecule has 0 radical (unpaired) electrons. The summed E-state index contributed by atoms with van der Waals surface area (Å²) in [6.07, 6.45) is 2.77. The van der Waals surface area contributed by atoms with Crippen LogP contribution < -0.4 is 0 Å². The molecule has 0 aliphatic rings. The highest BCUT2D eigenvalue weighted by molar-refractivity contribution is 6.63. The molecule has 0 N–H and O–H groups in total. The van der Waals surface area contributed by atoms with Crippen LogP contribution in [0.2, 0.25) is 0 Å². The molecule has 0 fully saturated rings. The van der Waals surface area contributed by atoms with E-state index < -0.39 is 23.4 Å². The Morgan fingerprint density at radius 1 is 1.40 bits per heavy atom. The first kappa shape index (κ1) is 15.5. The van der Waals surface area contributed by atoms with E-state index in [0.29, 0.717) is 12.8 Å². The van der Waals surface area contributed by atoms with Crippen molar-refractivity contribution in [3.63, 3.8) is 0 Å². The Morgan fingerprint density at radius 2 is 2.05 bits per heavy atom. The number of rotatable bonds is 7. The van der Waals surface area contributed by atoms with Gasteiger partial charge in [-0.2, -0.15) is 4.79 Å². The van der Waals surface area contributed by atoms with Crippen molar-refractivity contribution in [1.29, 1.82) is 0 Å². The summed E-state index contributed by atoms with van der Waals surface area (Å²) in [7, 11) is 1.13. The van der Waals surface area contributed by atoms with Crippen LogP contribution in [0, 0.1) is 0 Å². The zero-order chi connectivity index (χ0) is 15.0. The minimum atomic E-state index is -0.947. The molecule has 1 unspecified atom stereocenters. The maximum atomic E-state index is 12.4. The van der Waals surface area contributed by atoms with Crippen LogP contribution in [0.25, 0.3) is 5.53 Å². The van der Waals surface area contributed by atoms with Crippen LogP contribution in [0.1, 0.15) is 24.3 Å². The average molecular weight is 272 g/mol. The molecule has 0 aliphatic heterocycles. The van der Waals surface area contributed by atoms with Crippen molar-refractivity contribution in [3.05, 3.63) is 54.1 Å². The van der Waals surface area contributed by atoms with E-state index in [1.807, 2.05) is 6.07 Å². The van der Waals surface area contributed by atoms with Crippen molar-refractivity contribution in [1.82, 2.24) is 0 Å². The third-order valence-electron chi connectivity index (χ3n) is 2.89. The van der Waals surface area contributed by atoms with Crippen LogP contribution in [-0.4, -0.2) is 29.4 Å². The lowest BCUT2D eigenvalue weighted by Gasteiger charge is -2.12. The summed E-state index contributed by atoms with van der Waals surface area (Å²) in [5.74, 6) is -2.08. The van der Waals surface area contributed by atoms with Crippen LogP contribution in [0.15, 0.2) is 43.0 Å². The molecule has 0 spiro atoms.